The van der Waals surface area contributed by atoms with Crippen molar-refractivity contribution in [2.24, 2.45) is 0 Å². The molecule has 0 radical (unpaired) electrons. The Morgan fingerprint density at radius 1 is 0.771 bits per heavy atom. The Morgan fingerprint density at radius 3 is 1.94 bits per heavy atom. The number of hydrogen-bond acceptors (Lipinski definition) is 8. The third kappa shape index (κ3) is 8.47. The molecule has 0 saturated heterocycles. The smallest absolute Gasteiger partial charge is 0.338 e. The van der Waals surface area contributed by atoms with Gasteiger partial charge in [-0.2, -0.15) is 0 Å². The van der Waals surface area contributed by atoms with Gasteiger partial charge in [0.05, 0.1) is 45.7 Å². The van der Waals surface area contributed by atoms with E-state index in [1.54, 1.807) is 19.1 Å². The summed E-state index contributed by atoms with van der Waals surface area (Å²) in [6.45, 7) is 7.41. The predicted octanol–water partition coefficient (Wildman–Crippen LogP) is 4.39. The minimum absolute atomic E-state index is 0.291. The van der Waals surface area contributed by atoms with E-state index in [9.17, 15) is 9.59 Å². The molecule has 0 saturated carbocycles. The van der Waals surface area contributed by atoms with Crippen LogP contribution >= 0.6 is 0 Å². The number of esters is 2. The first kappa shape index (κ1) is 28.0. The molecule has 0 fully saturated rings. The molecule has 2 rings (SSSR count). The molecule has 8 nitrogen and oxygen atoms in total. The van der Waals surface area contributed by atoms with Crippen LogP contribution in [0.1, 0.15) is 53.0 Å². The minimum atomic E-state index is -0.428. The van der Waals surface area contributed by atoms with Crippen LogP contribution in [-0.2, 0) is 15.9 Å². The van der Waals surface area contributed by atoms with Gasteiger partial charge in [-0.25, -0.2) is 9.59 Å². The summed E-state index contributed by atoms with van der Waals surface area (Å²) < 4.78 is 26.3. The van der Waals surface area contributed by atoms with Crippen LogP contribution in [0.2, 0.25) is 0 Å². The van der Waals surface area contributed by atoms with E-state index in [1.165, 1.54) is 26.9 Å². The zero-order valence-corrected chi connectivity index (χ0v) is 21.4. The molecule has 192 valence electrons. The van der Waals surface area contributed by atoms with Crippen molar-refractivity contribution in [2.45, 2.75) is 33.1 Å². The van der Waals surface area contributed by atoms with Crippen molar-refractivity contribution in [3.8, 4) is 17.2 Å². The number of carbonyl (C=O) groups excluding carboxylic acids is 2. The maximum Gasteiger partial charge on any atom is 0.338 e. The van der Waals surface area contributed by atoms with Gasteiger partial charge in [0, 0.05) is 6.54 Å². The fourth-order valence-electron chi connectivity index (χ4n) is 3.62. The lowest BCUT2D eigenvalue weighted by atomic mass is 10.1. The van der Waals surface area contributed by atoms with Crippen LogP contribution in [0.25, 0.3) is 0 Å². The molecule has 0 aliphatic heterocycles. The molecule has 35 heavy (non-hydrogen) atoms. The van der Waals surface area contributed by atoms with E-state index >= 15 is 0 Å². The summed E-state index contributed by atoms with van der Waals surface area (Å²) in [6.07, 6.45) is 2.58. The number of methoxy groups -OCH3 is 3. The summed E-state index contributed by atoms with van der Waals surface area (Å²) in [5.41, 5.74) is 2.10. The number of carbonyl (C=O) groups is 2. The van der Waals surface area contributed by atoms with Gasteiger partial charge in [-0.1, -0.05) is 19.1 Å². The van der Waals surface area contributed by atoms with Gasteiger partial charge in [0.1, 0.15) is 0 Å². The first-order valence-electron chi connectivity index (χ1n) is 11.9. The highest BCUT2D eigenvalue weighted by molar-refractivity contribution is 5.91. The van der Waals surface area contributed by atoms with Crippen LogP contribution in [-0.4, -0.2) is 71.0 Å². The van der Waals surface area contributed by atoms with E-state index in [2.05, 4.69) is 11.8 Å². The maximum absolute atomic E-state index is 12.5. The van der Waals surface area contributed by atoms with Crippen molar-refractivity contribution in [1.82, 2.24) is 4.90 Å². The quantitative estimate of drug-likeness (QED) is 0.270. The highest BCUT2D eigenvalue weighted by atomic mass is 16.5. The zero-order chi connectivity index (χ0) is 25.6. The summed E-state index contributed by atoms with van der Waals surface area (Å²) in [5, 5.41) is 0. The predicted molar refractivity (Wildman–Crippen MR) is 134 cm³/mol. The van der Waals surface area contributed by atoms with Gasteiger partial charge in [0.2, 0.25) is 5.75 Å². The number of hydrogen-bond donors (Lipinski definition) is 0. The largest absolute Gasteiger partial charge is 0.493 e. The van der Waals surface area contributed by atoms with Gasteiger partial charge in [0.15, 0.2) is 11.5 Å². The van der Waals surface area contributed by atoms with E-state index in [4.69, 9.17) is 23.7 Å². The maximum atomic E-state index is 12.5. The highest BCUT2D eigenvalue weighted by Gasteiger charge is 2.18. The van der Waals surface area contributed by atoms with E-state index < -0.39 is 5.97 Å². The zero-order valence-electron chi connectivity index (χ0n) is 21.4. The third-order valence-corrected chi connectivity index (χ3v) is 5.63. The molecule has 8 heteroatoms. The Hall–Kier alpha value is -3.26. The number of benzene rings is 2. The van der Waals surface area contributed by atoms with Crippen molar-refractivity contribution >= 4 is 11.9 Å². The molecule has 2 aromatic rings. The van der Waals surface area contributed by atoms with E-state index in [1.807, 2.05) is 24.3 Å². The number of nitrogens with zero attached hydrogens (tertiary/aromatic N) is 1. The fourth-order valence-corrected chi connectivity index (χ4v) is 3.62. The van der Waals surface area contributed by atoms with Gasteiger partial charge in [-0.15, -0.1) is 0 Å². The summed E-state index contributed by atoms with van der Waals surface area (Å²) in [5.74, 6) is 0.532. The van der Waals surface area contributed by atoms with Gasteiger partial charge in [0.25, 0.3) is 0 Å². The van der Waals surface area contributed by atoms with Crippen molar-refractivity contribution in [3.63, 3.8) is 0 Å². The molecule has 0 aliphatic carbocycles. The Balaban J connectivity index is 1.75. The van der Waals surface area contributed by atoms with E-state index in [0.717, 1.165) is 38.9 Å². The lowest BCUT2D eigenvalue weighted by molar-refractivity contribution is 0.0491. The van der Waals surface area contributed by atoms with Gasteiger partial charge >= 0.3 is 11.9 Å². The molecule has 0 bridgehead atoms. The molecule has 0 heterocycles. The number of unbranched alkanes of at least 4 members (excludes halogenated alkanes) is 1. The molecule has 0 spiro atoms. The second-order valence-electron chi connectivity index (χ2n) is 7.86. The molecule has 0 atom stereocenters. The van der Waals surface area contributed by atoms with Crippen LogP contribution in [0, 0.1) is 0 Å². The third-order valence-electron chi connectivity index (χ3n) is 5.63. The Labute approximate surface area is 208 Å². The summed E-state index contributed by atoms with van der Waals surface area (Å²) in [6, 6.07) is 10.7. The topological polar surface area (TPSA) is 83.5 Å². The van der Waals surface area contributed by atoms with E-state index in [-0.39, 0.29) is 5.97 Å². The Bertz CT molecular complexity index is 918. The molecule has 0 N–H and O–H groups in total. The number of likely N-dealkylation sites (N-methyl/N-ethyl adjacent to an activating group) is 1. The molecular weight excluding hydrogens is 450 g/mol. The van der Waals surface area contributed by atoms with Crippen LogP contribution in [0.4, 0.5) is 0 Å². The molecule has 0 amide bonds. The fraction of sp³-hybridized carbons (Fsp3) is 0.481. The van der Waals surface area contributed by atoms with Gasteiger partial charge < -0.3 is 28.6 Å². The van der Waals surface area contributed by atoms with Gasteiger partial charge in [-0.05, 0) is 69.1 Å². The first-order valence-corrected chi connectivity index (χ1v) is 11.9. The second kappa shape index (κ2) is 14.9. The lowest BCUT2D eigenvalue weighted by Gasteiger charge is -2.20. The number of ether oxygens (including phenoxy) is 5. The van der Waals surface area contributed by atoms with Crippen LogP contribution in [0.3, 0.4) is 0 Å². The number of rotatable bonds is 15. The lowest BCUT2D eigenvalue weighted by Crippen LogP contribution is -2.27. The SMILES string of the molecule is CCOC(=O)c1ccc(CCN(CC)CCCCOC(=O)c2cc(OC)c(OC)c(OC)c2)cc1. The van der Waals surface area contributed by atoms with Gasteiger partial charge in [-0.3, -0.25) is 0 Å². The van der Waals surface area contributed by atoms with Crippen molar-refractivity contribution in [3.05, 3.63) is 53.1 Å². The van der Waals surface area contributed by atoms with Crippen molar-refractivity contribution in [2.75, 3.05) is 54.2 Å². The molecular formula is C27H37NO7. The normalized spacial score (nSPS) is 10.7. The molecule has 2 aromatic carbocycles. The summed E-state index contributed by atoms with van der Waals surface area (Å²) in [4.78, 5) is 26.6. The Morgan fingerprint density at radius 2 is 1.40 bits per heavy atom. The first-order chi connectivity index (χ1) is 17.0. The monoisotopic (exact) mass is 487 g/mol. The van der Waals surface area contributed by atoms with Crippen LogP contribution in [0.15, 0.2) is 36.4 Å². The van der Waals surface area contributed by atoms with Crippen molar-refractivity contribution in [1.29, 1.82) is 0 Å². The molecule has 0 aromatic heterocycles. The molecule has 0 aliphatic rings. The second-order valence-corrected chi connectivity index (χ2v) is 7.86. The van der Waals surface area contributed by atoms with Crippen molar-refractivity contribution < 1.29 is 33.3 Å². The summed E-state index contributed by atoms with van der Waals surface area (Å²) in [7, 11) is 4.52. The average Bonchev–Trinajstić information content (AvgIpc) is 2.89. The minimum Gasteiger partial charge on any atom is -0.493 e. The van der Waals surface area contributed by atoms with E-state index in [0.29, 0.717) is 41.6 Å². The highest BCUT2D eigenvalue weighted by Crippen LogP contribution is 2.38. The Kier molecular flexibility index (Phi) is 11.9. The summed E-state index contributed by atoms with van der Waals surface area (Å²) >= 11 is 0. The van der Waals surface area contributed by atoms with Crippen LogP contribution < -0.4 is 14.2 Å². The average molecular weight is 488 g/mol. The standard InChI is InChI=1S/C27H37NO7/c1-6-28(16-14-20-10-12-21(13-11-20)26(29)34-7-2)15-8-9-17-35-27(30)22-18-23(31-3)25(33-5)24(19-22)32-4/h10-13,18-19H,6-9,14-17H2,1-5H3. The molecule has 0 unspecified atom stereocenters. The van der Waals surface area contributed by atoms with Crippen LogP contribution in [0.5, 0.6) is 17.2 Å².